The second-order valence-electron chi connectivity index (χ2n) is 19.9. The summed E-state index contributed by atoms with van der Waals surface area (Å²) in [5.41, 5.74) is 0. The molecule has 0 aromatic rings. The van der Waals surface area contributed by atoms with E-state index < -0.39 is 6.10 Å². The highest BCUT2D eigenvalue weighted by molar-refractivity contribution is 5.71. The van der Waals surface area contributed by atoms with Crippen LogP contribution in [0.3, 0.4) is 0 Å². The summed E-state index contributed by atoms with van der Waals surface area (Å²) in [7, 11) is 0. The molecular formula is C68H112O6. The van der Waals surface area contributed by atoms with Gasteiger partial charge in [0.25, 0.3) is 0 Å². The molecule has 0 bridgehead atoms. The molecular weight excluding hydrogens is 913 g/mol. The number of hydrogen-bond acceptors (Lipinski definition) is 6. The van der Waals surface area contributed by atoms with Gasteiger partial charge in [-0.05, 0) is 135 Å². The molecule has 1 atom stereocenters. The van der Waals surface area contributed by atoms with Gasteiger partial charge in [0.15, 0.2) is 6.10 Å². The molecule has 0 N–H and O–H groups in total. The highest BCUT2D eigenvalue weighted by Crippen LogP contribution is 2.14. The fraction of sp³-hybridized carbons (Fsp3) is 0.662. The van der Waals surface area contributed by atoms with E-state index in [9.17, 15) is 14.4 Å². The van der Waals surface area contributed by atoms with Gasteiger partial charge in [0.2, 0.25) is 0 Å². The van der Waals surface area contributed by atoms with E-state index in [1.165, 1.54) is 83.5 Å². The maximum Gasteiger partial charge on any atom is 0.306 e. The average molecular weight is 1030 g/mol. The quantitative estimate of drug-likeness (QED) is 0.0261. The molecule has 1 unspecified atom stereocenters. The van der Waals surface area contributed by atoms with Crippen molar-refractivity contribution in [2.45, 2.75) is 277 Å². The summed E-state index contributed by atoms with van der Waals surface area (Å²) in [4.78, 5) is 38.2. The Morgan fingerprint density at radius 3 is 0.865 bits per heavy atom. The molecule has 0 fully saturated rings. The molecule has 0 aliphatic carbocycles. The molecule has 0 aliphatic rings. The van der Waals surface area contributed by atoms with Crippen LogP contribution in [0.25, 0.3) is 0 Å². The van der Waals surface area contributed by atoms with Crippen molar-refractivity contribution >= 4 is 17.9 Å². The number of carbonyl (C=O) groups is 3. The third kappa shape index (κ3) is 58.7. The summed E-state index contributed by atoms with van der Waals surface area (Å²) in [5, 5.41) is 0. The topological polar surface area (TPSA) is 78.9 Å². The number of esters is 3. The van der Waals surface area contributed by atoms with Crippen LogP contribution in [0.1, 0.15) is 271 Å². The molecule has 6 heteroatoms. The molecule has 6 nitrogen and oxygen atoms in total. The molecule has 0 spiro atoms. The van der Waals surface area contributed by atoms with Crippen LogP contribution in [0.2, 0.25) is 0 Å². The minimum absolute atomic E-state index is 0.0956. The maximum atomic E-state index is 12.9. The zero-order chi connectivity index (χ0) is 53.6. The maximum absolute atomic E-state index is 12.9. The smallest absolute Gasteiger partial charge is 0.306 e. The van der Waals surface area contributed by atoms with Crippen molar-refractivity contribution in [1.82, 2.24) is 0 Å². The second kappa shape index (κ2) is 61.4. The normalized spacial score (nSPS) is 13.0. The first-order valence-electron chi connectivity index (χ1n) is 30.5. The molecule has 0 heterocycles. The lowest BCUT2D eigenvalue weighted by atomic mass is 10.1. The first-order chi connectivity index (χ1) is 36.5. The molecule has 0 saturated carbocycles. The van der Waals surface area contributed by atoms with E-state index >= 15 is 0 Å². The van der Waals surface area contributed by atoms with Crippen LogP contribution in [-0.4, -0.2) is 37.2 Å². The second-order valence-corrected chi connectivity index (χ2v) is 19.9. The summed E-state index contributed by atoms with van der Waals surface area (Å²) >= 11 is 0. The Balaban J connectivity index is 4.37. The lowest BCUT2D eigenvalue weighted by molar-refractivity contribution is -0.167. The monoisotopic (exact) mass is 1020 g/mol. The number of unbranched alkanes of at least 4 members (excludes halogenated alkanes) is 23. The minimum Gasteiger partial charge on any atom is -0.462 e. The van der Waals surface area contributed by atoms with Crippen LogP contribution in [0.4, 0.5) is 0 Å². The predicted molar refractivity (Wildman–Crippen MR) is 320 cm³/mol. The molecule has 420 valence electrons. The van der Waals surface area contributed by atoms with Crippen LogP contribution < -0.4 is 0 Å². The highest BCUT2D eigenvalue weighted by Gasteiger charge is 2.19. The summed E-state index contributed by atoms with van der Waals surface area (Å²) < 4.78 is 16.8. The van der Waals surface area contributed by atoms with Crippen molar-refractivity contribution in [3.63, 3.8) is 0 Å². The van der Waals surface area contributed by atoms with Crippen LogP contribution in [0, 0.1) is 0 Å². The molecule has 0 aromatic carbocycles. The van der Waals surface area contributed by atoms with E-state index in [2.05, 4.69) is 142 Å². The van der Waals surface area contributed by atoms with Gasteiger partial charge in [0, 0.05) is 19.3 Å². The molecule has 0 radical (unpaired) electrons. The number of ether oxygens (including phenoxy) is 3. The third-order valence-corrected chi connectivity index (χ3v) is 12.7. The van der Waals surface area contributed by atoms with E-state index in [0.717, 1.165) is 148 Å². The van der Waals surface area contributed by atoms with Crippen LogP contribution in [-0.2, 0) is 28.6 Å². The van der Waals surface area contributed by atoms with Crippen molar-refractivity contribution in [1.29, 1.82) is 0 Å². The number of rotatable bonds is 54. The lowest BCUT2D eigenvalue weighted by Crippen LogP contribution is -2.30. The van der Waals surface area contributed by atoms with Gasteiger partial charge in [-0.2, -0.15) is 0 Å². The zero-order valence-corrected chi connectivity index (χ0v) is 48.1. The Hall–Kier alpha value is -4.19. The highest BCUT2D eigenvalue weighted by atomic mass is 16.6. The Morgan fingerprint density at radius 2 is 0.527 bits per heavy atom. The Bertz CT molecular complexity index is 1550. The molecule has 0 rings (SSSR count). The molecule has 0 amide bonds. The molecule has 0 aromatic heterocycles. The largest absolute Gasteiger partial charge is 0.462 e. The fourth-order valence-corrected chi connectivity index (χ4v) is 8.09. The zero-order valence-electron chi connectivity index (χ0n) is 48.1. The first-order valence-corrected chi connectivity index (χ1v) is 30.5. The van der Waals surface area contributed by atoms with Crippen molar-refractivity contribution < 1.29 is 28.6 Å². The van der Waals surface area contributed by atoms with Gasteiger partial charge < -0.3 is 14.2 Å². The van der Waals surface area contributed by atoms with Crippen molar-refractivity contribution in [2.24, 2.45) is 0 Å². The lowest BCUT2D eigenvalue weighted by Gasteiger charge is -2.18. The van der Waals surface area contributed by atoms with Crippen molar-refractivity contribution in [2.75, 3.05) is 13.2 Å². The average Bonchev–Trinajstić information content (AvgIpc) is 3.40. The van der Waals surface area contributed by atoms with Crippen LogP contribution in [0.5, 0.6) is 0 Å². The van der Waals surface area contributed by atoms with E-state index in [0.29, 0.717) is 19.3 Å². The van der Waals surface area contributed by atoms with Gasteiger partial charge in [-0.3, -0.25) is 14.4 Å². The van der Waals surface area contributed by atoms with Gasteiger partial charge in [-0.15, -0.1) is 0 Å². The summed E-state index contributed by atoms with van der Waals surface area (Å²) in [6.07, 6.45) is 84.8. The molecule has 74 heavy (non-hydrogen) atoms. The van der Waals surface area contributed by atoms with E-state index in [1.807, 2.05) is 0 Å². The molecule has 0 aliphatic heterocycles. The molecule has 0 saturated heterocycles. The summed E-state index contributed by atoms with van der Waals surface area (Å²) in [6.45, 7) is 6.46. The van der Waals surface area contributed by atoms with Gasteiger partial charge in [0.1, 0.15) is 13.2 Å². The van der Waals surface area contributed by atoms with Crippen LogP contribution >= 0.6 is 0 Å². The SMILES string of the molecule is CC/C=C\C/C=C\C/C=C\C/C=C\C/C=C\C/C=C\C/C=C\C/C=C\CCCCCCC(=O)OCC(COC(=O)CCCCCCC/C=C\CCCCC)OC(=O)CCCCCCC/C=C\CCCCCCCC. The Labute approximate surface area is 456 Å². The summed E-state index contributed by atoms with van der Waals surface area (Å²) in [5.74, 6) is -0.938. The number of carbonyl (C=O) groups excluding carboxylic acids is 3. The van der Waals surface area contributed by atoms with Crippen molar-refractivity contribution in [3.8, 4) is 0 Å². The van der Waals surface area contributed by atoms with Crippen LogP contribution in [0.15, 0.2) is 122 Å². The predicted octanol–water partition coefficient (Wildman–Crippen LogP) is 20.8. The summed E-state index contributed by atoms with van der Waals surface area (Å²) in [6, 6.07) is 0. The van der Waals surface area contributed by atoms with E-state index in [1.54, 1.807) is 0 Å². The third-order valence-electron chi connectivity index (χ3n) is 12.7. The first kappa shape index (κ1) is 69.8. The standard InChI is InChI=1S/C68H112O6/c1-4-7-10-13-16-19-22-25-27-28-29-30-31-32-33-34-35-36-37-38-39-40-42-43-46-49-52-55-58-61-67(70)73-64-65(63-72-66(69)60-57-54-51-48-45-24-21-18-15-12-9-6-3)74-68(71)62-59-56-53-50-47-44-41-26-23-20-17-14-11-8-5-2/h7,10,16,18-19,21,25-27,29-30,32-33,35-36,38-39,41-43,65H,4-6,8-9,11-15,17,20,22-24,28,31,34,37,40,44-64H2,1-3H3/b10-7-,19-16-,21-18-,27-25-,30-29-,33-32-,36-35-,39-38-,41-26-,43-42-. The number of allylic oxidation sites excluding steroid dienone is 20. The van der Waals surface area contributed by atoms with Crippen molar-refractivity contribution in [3.05, 3.63) is 122 Å². The van der Waals surface area contributed by atoms with Gasteiger partial charge >= 0.3 is 17.9 Å². The van der Waals surface area contributed by atoms with E-state index in [4.69, 9.17) is 14.2 Å². The van der Waals surface area contributed by atoms with Gasteiger partial charge in [-0.1, -0.05) is 239 Å². The minimum atomic E-state index is -0.799. The van der Waals surface area contributed by atoms with Gasteiger partial charge in [-0.25, -0.2) is 0 Å². The fourth-order valence-electron chi connectivity index (χ4n) is 8.09. The van der Waals surface area contributed by atoms with E-state index in [-0.39, 0.29) is 31.1 Å². The Morgan fingerprint density at radius 1 is 0.284 bits per heavy atom. The Kier molecular flexibility index (Phi) is 57.9. The van der Waals surface area contributed by atoms with Gasteiger partial charge in [0.05, 0.1) is 0 Å². The number of hydrogen-bond donors (Lipinski definition) is 0.